The molecule has 0 saturated heterocycles. The molecule has 1 aromatic rings. The van der Waals surface area contributed by atoms with Crippen LogP contribution in [-0.2, 0) is 0 Å². The van der Waals surface area contributed by atoms with Crippen molar-refractivity contribution in [1.82, 2.24) is 5.43 Å². The zero-order valence-electron chi connectivity index (χ0n) is 10.8. The molecule has 1 aromatic carbocycles. The Balaban J connectivity index is 2.24. The SMILES string of the molecule is NNC(=NC1CCCCCC1)c1cc(Cl)ccc1Cl. The van der Waals surface area contributed by atoms with E-state index in [1.165, 1.54) is 25.7 Å². The number of hydrazine groups is 1. The molecule has 0 amide bonds. The van der Waals surface area contributed by atoms with E-state index in [-0.39, 0.29) is 0 Å². The van der Waals surface area contributed by atoms with Crippen molar-refractivity contribution in [1.29, 1.82) is 0 Å². The largest absolute Gasteiger partial charge is 0.308 e. The second-order valence-corrected chi connectivity index (χ2v) is 5.74. The molecule has 1 fully saturated rings. The van der Waals surface area contributed by atoms with Crippen LogP contribution in [0, 0.1) is 0 Å². The van der Waals surface area contributed by atoms with Crippen LogP contribution in [0.3, 0.4) is 0 Å². The molecule has 0 unspecified atom stereocenters. The Bertz CT molecular complexity index is 452. The molecular formula is C14H19Cl2N3. The van der Waals surface area contributed by atoms with Crippen molar-refractivity contribution in [3.05, 3.63) is 33.8 Å². The Hall–Kier alpha value is -0.770. The van der Waals surface area contributed by atoms with Crippen LogP contribution in [0.2, 0.25) is 10.0 Å². The summed E-state index contributed by atoms with van der Waals surface area (Å²) in [7, 11) is 0. The van der Waals surface area contributed by atoms with E-state index >= 15 is 0 Å². The average Bonchev–Trinajstić information content (AvgIpc) is 2.67. The first-order valence-electron chi connectivity index (χ1n) is 6.70. The molecule has 19 heavy (non-hydrogen) atoms. The van der Waals surface area contributed by atoms with E-state index in [1.807, 2.05) is 0 Å². The Morgan fingerprint density at radius 2 is 1.84 bits per heavy atom. The number of rotatable bonds is 2. The fourth-order valence-corrected chi connectivity index (χ4v) is 2.81. The van der Waals surface area contributed by atoms with Gasteiger partial charge in [0.15, 0.2) is 0 Å². The average molecular weight is 300 g/mol. The number of nitrogens with two attached hydrogens (primary N) is 1. The van der Waals surface area contributed by atoms with Crippen LogP contribution in [0.15, 0.2) is 23.2 Å². The third-order valence-electron chi connectivity index (χ3n) is 3.46. The van der Waals surface area contributed by atoms with Gasteiger partial charge in [-0.1, -0.05) is 48.9 Å². The number of nitrogens with one attached hydrogen (secondary N) is 1. The van der Waals surface area contributed by atoms with E-state index in [9.17, 15) is 0 Å². The maximum absolute atomic E-state index is 6.18. The van der Waals surface area contributed by atoms with Gasteiger partial charge in [0.25, 0.3) is 0 Å². The summed E-state index contributed by atoms with van der Waals surface area (Å²) in [6.45, 7) is 0. The number of aliphatic imine (C=N–C) groups is 1. The van der Waals surface area contributed by atoms with Crippen LogP contribution in [0.1, 0.15) is 44.1 Å². The number of hydrogen-bond acceptors (Lipinski definition) is 2. The van der Waals surface area contributed by atoms with Gasteiger partial charge in [-0.3, -0.25) is 4.99 Å². The highest BCUT2D eigenvalue weighted by Crippen LogP contribution is 2.23. The molecule has 3 N–H and O–H groups in total. The van der Waals surface area contributed by atoms with Gasteiger partial charge in [0.05, 0.1) is 11.1 Å². The lowest BCUT2D eigenvalue weighted by Gasteiger charge is -2.14. The summed E-state index contributed by atoms with van der Waals surface area (Å²) in [4.78, 5) is 4.72. The van der Waals surface area contributed by atoms with Crippen molar-refractivity contribution in [3.8, 4) is 0 Å². The van der Waals surface area contributed by atoms with Gasteiger partial charge in [-0.25, -0.2) is 5.84 Å². The lowest BCUT2D eigenvalue weighted by molar-refractivity contribution is 0.583. The number of halogens is 2. The molecule has 0 aromatic heterocycles. The van der Waals surface area contributed by atoms with E-state index in [1.54, 1.807) is 18.2 Å². The van der Waals surface area contributed by atoms with Gasteiger partial charge in [-0.05, 0) is 31.0 Å². The van der Waals surface area contributed by atoms with Crippen molar-refractivity contribution in [2.24, 2.45) is 10.8 Å². The highest BCUT2D eigenvalue weighted by Gasteiger charge is 2.14. The molecule has 104 valence electrons. The first-order chi connectivity index (χ1) is 9.20. The lowest BCUT2D eigenvalue weighted by atomic mass is 10.1. The molecule has 0 atom stereocenters. The van der Waals surface area contributed by atoms with Crippen molar-refractivity contribution in [3.63, 3.8) is 0 Å². The Morgan fingerprint density at radius 1 is 1.16 bits per heavy atom. The van der Waals surface area contributed by atoms with Crippen molar-refractivity contribution < 1.29 is 0 Å². The normalized spacial score (nSPS) is 18.2. The van der Waals surface area contributed by atoms with Crippen LogP contribution in [0.5, 0.6) is 0 Å². The monoisotopic (exact) mass is 299 g/mol. The number of benzene rings is 1. The smallest absolute Gasteiger partial charge is 0.144 e. The van der Waals surface area contributed by atoms with Gasteiger partial charge in [0.2, 0.25) is 0 Å². The second kappa shape index (κ2) is 7.13. The Morgan fingerprint density at radius 3 is 2.47 bits per heavy atom. The summed E-state index contributed by atoms with van der Waals surface area (Å²) in [6.07, 6.45) is 7.29. The van der Waals surface area contributed by atoms with Gasteiger partial charge < -0.3 is 5.43 Å². The van der Waals surface area contributed by atoms with Gasteiger partial charge >= 0.3 is 0 Å². The highest BCUT2D eigenvalue weighted by atomic mass is 35.5. The van der Waals surface area contributed by atoms with Crippen LogP contribution in [0.4, 0.5) is 0 Å². The molecule has 5 heteroatoms. The van der Waals surface area contributed by atoms with Gasteiger partial charge in [0.1, 0.15) is 5.84 Å². The molecule has 1 aliphatic carbocycles. The number of nitrogens with zero attached hydrogens (tertiary/aromatic N) is 1. The summed E-state index contributed by atoms with van der Waals surface area (Å²) in [6, 6.07) is 5.63. The molecule has 1 aliphatic rings. The van der Waals surface area contributed by atoms with Crippen LogP contribution in [-0.4, -0.2) is 11.9 Å². The first kappa shape index (κ1) is 14.6. The molecule has 0 spiro atoms. The summed E-state index contributed by atoms with van der Waals surface area (Å²) in [5.74, 6) is 6.22. The molecule has 1 saturated carbocycles. The van der Waals surface area contributed by atoms with E-state index in [0.29, 0.717) is 21.9 Å². The molecule has 0 bridgehead atoms. The van der Waals surface area contributed by atoms with Gasteiger partial charge in [0, 0.05) is 10.6 Å². The first-order valence-corrected chi connectivity index (χ1v) is 7.46. The third-order valence-corrected chi connectivity index (χ3v) is 4.02. The molecule has 3 nitrogen and oxygen atoms in total. The Labute approximate surface area is 124 Å². The second-order valence-electron chi connectivity index (χ2n) is 4.89. The highest BCUT2D eigenvalue weighted by molar-refractivity contribution is 6.36. The zero-order valence-corrected chi connectivity index (χ0v) is 12.3. The molecule has 0 radical (unpaired) electrons. The quantitative estimate of drug-likeness (QED) is 0.286. The zero-order chi connectivity index (χ0) is 13.7. The van der Waals surface area contributed by atoms with E-state index in [4.69, 9.17) is 34.0 Å². The fraction of sp³-hybridized carbons (Fsp3) is 0.500. The van der Waals surface area contributed by atoms with Gasteiger partial charge in [-0.15, -0.1) is 0 Å². The van der Waals surface area contributed by atoms with E-state index in [2.05, 4.69) is 5.43 Å². The van der Waals surface area contributed by atoms with Crippen molar-refractivity contribution in [2.45, 2.75) is 44.6 Å². The molecule has 0 heterocycles. The van der Waals surface area contributed by atoms with E-state index < -0.39 is 0 Å². The topological polar surface area (TPSA) is 50.4 Å². The molecule has 0 aliphatic heterocycles. The maximum atomic E-state index is 6.18. The summed E-state index contributed by atoms with van der Waals surface area (Å²) in [5.41, 5.74) is 3.43. The van der Waals surface area contributed by atoms with E-state index in [0.717, 1.165) is 18.4 Å². The Kier molecular flexibility index (Phi) is 5.49. The van der Waals surface area contributed by atoms with Crippen molar-refractivity contribution in [2.75, 3.05) is 0 Å². The summed E-state index contributed by atoms with van der Waals surface area (Å²) < 4.78 is 0. The van der Waals surface area contributed by atoms with Crippen LogP contribution < -0.4 is 11.3 Å². The molecular weight excluding hydrogens is 281 g/mol. The van der Waals surface area contributed by atoms with Gasteiger partial charge in [-0.2, -0.15) is 0 Å². The number of hydrogen-bond donors (Lipinski definition) is 2. The van der Waals surface area contributed by atoms with Crippen LogP contribution in [0.25, 0.3) is 0 Å². The standard InChI is InChI=1S/C14H19Cl2N3/c15-10-7-8-13(16)12(9-10)14(19-17)18-11-5-3-1-2-4-6-11/h7-9,11H,1-6,17H2,(H,18,19). The minimum absolute atomic E-state index is 0.323. The minimum atomic E-state index is 0.323. The lowest BCUT2D eigenvalue weighted by Crippen LogP contribution is -2.32. The predicted octanol–water partition coefficient (Wildman–Crippen LogP) is 3.93. The number of amidine groups is 1. The fourth-order valence-electron chi connectivity index (χ4n) is 2.43. The minimum Gasteiger partial charge on any atom is -0.308 e. The third kappa shape index (κ3) is 4.10. The summed E-state index contributed by atoms with van der Waals surface area (Å²) in [5, 5.41) is 1.23. The molecule has 2 rings (SSSR count). The predicted molar refractivity (Wildman–Crippen MR) is 81.8 cm³/mol. The summed E-state index contributed by atoms with van der Waals surface area (Å²) >= 11 is 12.2. The van der Waals surface area contributed by atoms with Crippen molar-refractivity contribution >= 4 is 29.0 Å². The van der Waals surface area contributed by atoms with Crippen LogP contribution >= 0.6 is 23.2 Å². The maximum Gasteiger partial charge on any atom is 0.144 e.